The van der Waals surface area contributed by atoms with E-state index < -0.39 is 33.0 Å². The van der Waals surface area contributed by atoms with Crippen molar-refractivity contribution < 1.29 is 22.0 Å². The topological polar surface area (TPSA) is 131 Å². The lowest BCUT2D eigenvalue weighted by molar-refractivity contribution is -0.126. The van der Waals surface area contributed by atoms with Gasteiger partial charge in [-0.15, -0.1) is 0 Å². The highest BCUT2D eigenvalue weighted by Gasteiger charge is 2.31. The first kappa shape index (κ1) is 29.3. The molecule has 1 atom stereocenters. The van der Waals surface area contributed by atoms with E-state index in [9.17, 15) is 22.4 Å². The molecule has 0 spiro atoms. The van der Waals surface area contributed by atoms with Crippen LogP contribution in [0, 0.1) is 18.6 Å². The van der Waals surface area contributed by atoms with Gasteiger partial charge in [-0.05, 0) is 49.8 Å². The predicted octanol–water partition coefficient (Wildman–Crippen LogP) is 3.56. The highest BCUT2D eigenvalue weighted by molar-refractivity contribution is 7.89. The molecule has 0 bridgehead atoms. The molecule has 0 aliphatic carbocycles. The maximum Gasteiger partial charge on any atom is 0.355 e. The molecule has 0 unspecified atom stereocenters. The largest absolute Gasteiger partial charge is 0.355 e. The summed E-state index contributed by atoms with van der Waals surface area (Å²) in [6, 6.07) is 8.73. The smallest absolute Gasteiger partial charge is 0.350 e. The number of amides is 1. The lowest BCUT2D eigenvalue weighted by Gasteiger charge is -2.40. The molecule has 0 radical (unpaired) electrons. The quantitative estimate of drug-likeness (QED) is 0.340. The average Bonchev–Trinajstić information content (AvgIpc) is 2.92. The van der Waals surface area contributed by atoms with Crippen LogP contribution in [0.2, 0.25) is 5.02 Å². The number of hydrogen-bond acceptors (Lipinski definition) is 7. The Balaban J connectivity index is 1.86. The van der Waals surface area contributed by atoms with Crippen LogP contribution in [0.4, 0.5) is 14.6 Å². The molecule has 10 nitrogen and oxygen atoms in total. The minimum absolute atomic E-state index is 0.0438. The number of aryl methyl sites for hydroxylation is 1. The zero-order valence-electron chi connectivity index (χ0n) is 22.5. The summed E-state index contributed by atoms with van der Waals surface area (Å²) in [5.74, 6) is -2.00. The van der Waals surface area contributed by atoms with E-state index in [1.165, 1.54) is 30.3 Å². The lowest BCUT2D eigenvalue weighted by atomic mass is 10.1. The highest BCUT2D eigenvalue weighted by atomic mass is 35.5. The Kier molecular flexibility index (Phi) is 7.60. The summed E-state index contributed by atoms with van der Waals surface area (Å²) in [6.07, 6.45) is 1.21. The first-order valence-corrected chi connectivity index (χ1v) is 14.6. The Labute approximate surface area is 244 Å². The van der Waals surface area contributed by atoms with Gasteiger partial charge in [0.05, 0.1) is 21.7 Å². The third kappa shape index (κ3) is 5.03. The van der Waals surface area contributed by atoms with Gasteiger partial charge >= 0.3 is 5.69 Å². The second kappa shape index (κ2) is 10.9. The van der Waals surface area contributed by atoms with Crippen molar-refractivity contribution in [1.29, 1.82) is 0 Å². The van der Waals surface area contributed by atoms with Crippen molar-refractivity contribution in [3.8, 4) is 16.9 Å². The monoisotopic (exact) mass is 614 g/mol. The first-order chi connectivity index (χ1) is 19.8. The Hall–Kier alpha value is -4.20. The van der Waals surface area contributed by atoms with Gasteiger partial charge in [-0.2, -0.15) is 4.98 Å². The number of primary sulfonamides is 1. The molecule has 4 aromatic rings. The number of aromatic nitrogens is 3. The van der Waals surface area contributed by atoms with E-state index in [-0.39, 0.29) is 69.6 Å². The number of carbonyl (C=O) groups is 1. The van der Waals surface area contributed by atoms with E-state index in [0.717, 1.165) is 16.7 Å². The molecule has 2 aromatic heterocycles. The number of nitrogens with zero attached hydrogens (tertiary/aromatic N) is 5. The van der Waals surface area contributed by atoms with Gasteiger partial charge in [0.15, 0.2) is 11.5 Å². The zero-order valence-corrected chi connectivity index (χ0v) is 24.1. The first-order valence-electron chi connectivity index (χ1n) is 12.7. The number of anilines is 1. The lowest BCUT2D eigenvalue weighted by Crippen LogP contribution is -2.54. The molecule has 14 heteroatoms. The number of sulfonamides is 1. The number of hydrogen-bond donors (Lipinski definition) is 1. The molecule has 2 aromatic carbocycles. The van der Waals surface area contributed by atoms with E-state index in [2.05, 4.69) is 16.5 Å². The fourth-order valence-electron chi connectivity index (χ4n) is 5.18. The molecule has 0 saturated carbocycles. The van der Waals surface area contributed by atoms with Crippen LogP contribution in [0.15, 0.2) is 64.8 Å². The van der Waals surface area contributed by atoms with Crippen LogP contribution in [0.25, 0.3) is 28.0 Å². The number of para-hydroxylation sites is 1. The van der Waals surface area contributed by atoms with Crippen molar-refractivity contribution in [2.45, 2.75) is 24.8 Å². The Morgan fingerprint density at radius 3 is 2.50 bits per heavy atom. The molecule has 1 saturated heterocycles. The second-order valence-corrected chi connectivity index (χ2v) is 11.8. The fourth-order valence-corrected chi connectivity index (χ4v) is 6.22. The minimum atomic E-state index is -4.36. The molecule has 1 fully saturated rings. The van der Waals surface area contributed by atoms with E-state index in [1.54, 1.807) is 29.7 Å². The van der Waals surface area contributed by atoms with Gasteiger partial charge in [0.2, 0.25) is 15.9 Å². The Bertz CT molecular complexity index is 1930. The predicted molar refractivity (Wildman–Crippen MR) is 155 cm³/mol. The minimum Gasteiger partial charge on any atom is -0.350 e. The van der Waals surface area contributed by atoms with E-state index in [4.69, 9.17) is 16.7 Å². The maximum atomic E-state index is 15.8. The number of halogens is 3. The van der Waals surface area contributed by atoms with Crippen LogP contribution in [0.5, 0.6) is 0 Å². The molecule has 1 amide bonds. The third-order valence-electron chi connectivity index (χ3n) is 7.12. The number of rotatable bonds is 5. The molecule has 1 aliphatic rings. The number of piperazine rings is 1. The van der Waals surface area contributed by atoms with E-state index in [1.807, 2.05) is 0 Å². The SMILES string of the molecule is C=CC(=O)N1CCN(c2nc(=O)n(-c3c(C)cccc3S(N)(=O)=O)c3nc(-c4c(F)cccc4Cl)c(F)cc23)[C@@H](C)C1. The number of benzene rings is 2. The number of pyridine rings is 1. The molecule has 5 rings (SSSR count). The summed E-state index contributed by atoms with van der Waals surface area (Å²) < 4.78 is 56.8. The van der Waals surface area contributed by atoms with E-state index in [0.29, 0.717) is 5.56 Å². The van der Waals surface area contributed by atoms with Gasteiger partial charge in [0, 0.05) is 25.7 Å². The van der Waals surface area contributed by atoms with Crippen molar-refractivity contribution in [3.05, 3.63) is 87.8 Å². The summed E-state index contributed by atoms with van der Waals surface area (Å²) in [6.45, 7) is 7.66. The summed E-state index contributed by atoms with van der Waals surface area (Å²) in [5, 5.41) is 5.42. The summed E-state index contributed by atoms with van der Waals surface area (Å²) in [4.78, 5) is 37.6. The number of fused-ring (bicyclic) bond motifs is 1. The van der Waals surface area contributed by atoms with Gasteiger partial charge in [-0.25, -0.2) is 36.7 Å². The van der Waals surface area contributed by atoms with Gasteiger partial charge < -0.3 is 9.80 Å². The van der Waals surface area contributed by atoms with Crippen molar-refractivity contribution in [1.82, 2.24) is 19.4 Å². The van der Waals surface area contributed by atoms with Crippen LogP contribution < -0.4 is 15.7 Å². The van der Waals surface area contributed by atoms with Gasteiger partial charge in [0.1, 0.15) is 22.2 Å². The molecule has 3 heterocycles. The van der Waals surface area contributed by atoms with Crippen LogP contribution in [-0.4, -0.2) is 59.4 Å². The molecular weight excluding hydrogens is 590 g/mol. The summed E-state index contributed by atoms with van der Waals surface area (Å²) in [7, 11) is -4.36. The van der Waals surface area contributed by atoms with Crippen molar-refractivity contribution in [2.75, 3.05) is 24.5 Å². The van der Waals surface area contributed by atoms with Gasteiger partial charge in [-0.3, -0.25) is 4.79 Å². The van der Waals surface area contributed by atoms with Crippen LogP contribution in [0.1, 0.15) is 12.5 Å². The van der Waals surface area contributed by atoms with Gasteiger partial charge in [-0.1, -0.05) is 36.4 Å². The molecule has 2 N–H and O–H groups in total. The third-order valence-corrected chi connectivity index (χ3v) is 8.38. The fraction of sp³-hybridized carbons (Fsp3) is 0.214. The van der Waals surface area contributed by atoms with Gasteiger partial charge in [0.25, 0.3) is 0 Å². The molecule has 218 valence electrons. The number of carbonyl (C=O) groups excluding carboxylic acids is 1. The highest BCUT2D eigenvalue weighted by Crippen LogP contribution is 2.36. The maximum absolute atomic E-state index is 15.8. The normalized spacial score (nSPS) is 15.7. The van der Waals surface area contributed by atoms with Crippen molar-refractivity contribution in [3.63, 3.8) is 0 Å². The molecular formula is C28H25ClF2N6O4S. The standard InChI is InChI=1S/C28H25ClF2N6O4S/c1-4-22(38)35-11-12-36(16(3)14-35)26-17-13-20(31)24(23-18(29)8-6-9-19(23)30)33-27(17)37(28(39)34-26)25-15(2)7-5-10-21(25)42(32,40)41/h4-10,13,16H,1,11-12,14H2,2-3H3,(H2,32,40,41)/t16-/m0/s1. The number of nitrogens with two attached hydrogens (primary N) is 1. The second-order valence-electron chi connectivity index (χ2n) is 9.84. The van der Waals surface area contributed by atoms with Crippen molar-refractivity contribution >= 4 is 44.4 Å². The van der Waals surface area contributed by atoms with Crippen LogP contribution in [-0.2, 0) is 14.8 Å². The Morgan fingerprint density at radius 2 is 1.86 bits per heavy atom. The Morgan fingerprint density at radius 1 is 1.14 bits per heavy atom. The van der Waals surface area contributed by atoms with Crippen LogP contribution >= 0.6 is 11.6 Å². The van der Waals surface area contributed by atoms with Crippen molar-refractivity contribution in [2.24, 2.45) is 5.14 Å². The van der Waals surface area contributed by atoms with Crippen LogP contribution in [0.3, 0.4) is 0 Å². The molecule has 42 heavy (non-hydrogen) atoms. The molecule has 1 aliphatic heterocycles. The summed E-state index contributed by atoms with van der Waals surface area (Å²) in [5.41, 5.74) is -1.75. The zero-order chi connectivity index (χ0) is 30.5. The average molecular weight is 615 g/mol. The van der Waals surface area contributed by atoms with E-state index >= 15 is 4.39 Å². The summed E-state index contributed by atoms with van der Waals surface area (Å²) >= 11 is 6.24.